The number of amides is 1. The predicted molar refractivity (Wildman–Crippen MR) is 69.1 cm³/mol. The molecule has 3 nitrogen and oxygen atoms in total. The summed E-state index contributed by atoms with van der Waals surface area (Å²) in [7, 11) is 0. The molecule has 1 aliphatic rings. The SMILES string of the molecule is NCC1CN(c2ccccc2Cl)C(=O)CS1. The second-order valence-corrected chi connectivity index (χ2v) is 5.32. The van der Waals surface area contributed by atoms with Gasteiger partial charge in [-0.1, -0.05) is 23.7 Å². The predicted octanol–water partition coefficient (Wildman–Crippen LogP) is 1.75. The molecule has 2 rings (SSSR count). The Balaban J connectivity index is 2.25. The Labute approximate surface area is 104 Å². The number of nitrogens with zero attached hydrogens (tertiary/aromatic N) is 1. The van der Waals surface area contributed by atoms with E-state index in [4.69, 9.17) is 17.3 Å². The molecule has 1 atom stereocenters. The fraction of sp³-hybridized carbons (Fsp3) is 0.364. The van der Waals surface area contributed by atoms with Crippen LogP contribution in [0.5, 0.6) is 0 Å². The summed E-state index contributed by atoms with van der Waals surface area (Å²) in [6, 6.07) is 7.40. The zero-order valence-corrected chi connectivity index (χ0v) is 10.3. The third-order valence-electron chi connectivity index (χ3n) is 2.54. The van der Waals surface area contributed by atoms with Crippen molar-refractivity contribution in [2.45, 2.75) is 5.25 Å². The third kappa shape index (κ3) is 2.34. The van der Waals surface area contributed by atoms with Crippen molar-refractivity contribution in [3.8, 4) is 0 Å². The van der Waals surface area contributed by atoms with Crippen molar-refractivity contribution >= 4 is 35.0 Å². The maximum atomic E-state index is 11.8. The van der Waals surface area contributed by atoms with Gasteiger partial charge in [0, 0.05) is 18.3 Å². The number of carbonyl (C=O) groups is 1. The van der Waals surface area contributed by atoms with Crippen molar-refractivity contribution in [1.29, 1.82) is 0 Å². The first-order chi connectivity index (χ1) is 7.72. The van der Waals surface area contributed by atoms with E-state index in [9.17, 15) is 4.79 Å². The minimum atomic E-state index is 0.0998. The first-order valence-electron chi connectivity index (χ1n) is 5.09. The summed E-state index contributed by atoms with van der Waals surface area (Å²) in [5.74, 6) is 0.579. The number of carbonyl (C=O) groups excluding carboxylic acids is 1. The van der Waals surface area contributed by atoms with Gasteiger partial charge in [-0.25, -0.2) is 0 Å². The van der Waals surface area contributed by atoms with E-state index in [0.29, 0.717) is 29.1 Å². The highest BCUT2D eigenvalue weighted by molar-refractivity contribution is 8.00. The van der Waals surface area contributed by atoms with Crippen LogP contribution in [0.3, 0.4) is 0 Å². The molecule has 1 amide bonds. The number of halogens is 1. The molecule has 0 radical (unpaired) electrons. The molecule has 1 heterocycles. The number of thioether (sulfide) groups is 1. The van der Waals surface area contributed by atoms with Gasteiger partial charge in [0.25, 0.3) is 0 Å². The topological polar surface area (TPSA) is 46.3 Å². The van der Waals surface area contributed by atoms with E-state index >= 15 is 0 Å². The summed E-state index contributed by atoms with van der Waals surface area (Å²) >= 11 is 7.70. The van der Waals surface area contributed by atoms with Gasteiger partial charge in [-0.2, -0.15) is 0 Å². The second-order valence-electron chi connectivity index (χ2n) is 3.62. The molecule has 2 N–H and O–H groups in total. The Hall–Kier alpha value is -0.710. The van der Waals surface area contributed by atoms with Crippen molar-refractivity contribution in [3.63, 3.8) is 0 Å². The van der Waals surface area contributed by atoms with E-state index in [0.717, 1.165) is 5.69 Å². The van der Waals surface area contributed by atoms with Crippen molar-refractivity contribution in [2.24, 2.45) is 5.73 Å². The van der Waals surface area contributed by atoms with Crippen LogP contribution in [-0.2, 0) is 4.79 Å². The third-order valence-corrected chi connectivity index (χ3v) is 4.08. The normalized spacial score (nSPS) is 21.2. The van der Waals surface area contributed by atoms with Crippen LogP contribution >= 0.6 is 23.4 Å². The lowest BCUT2D eigenvalue weighted by Crippen LogP contribution is -2.45. The lowest BCUT2D eigenvalue weighted by Gasteiger charge is -2.32. The molecular formula is C11H13ClN2OS. The molecule has 1 aromatic carbocycles. The number of hydrogen-bond acceptors (Lipinski definition) is 3. The molecular weight excluding hydrogens is 244 g/mol. The van der Waals surface area contributed by atoms with Crippen LogP contribution in [0.2, 0.25) is 5.02 Å². The minimum Gasteiger partial charge on any atom is -0.329 e. The van der Waals surface area contributed by atoms with Gasteiger partial charge in [0.05, 0.1) is 16.5 Å². The summed E-state index contributed by atoms with van der Waals surface area (Å²) < 4.78 is 0. The fourth-order valence-electron chi connectivity index (χ4n) is 1.67. The Morgan fingerprint density at radius 2 is 2.25 bits per heavy atom. The zero-order chi connectivity index (χ0) is 11.5. The lowest BCUT2D eigenvalue weighted by atomic mass is 10.2. The summed E-state index contributed by atoms with van der Waals surface area (Å²) in [6.07, 6.45) is 0. The summed E-state index contributed by atoms with van der Waals surface area (Å²) in [5, 5.41) is 0.910. The van der Waals surface area contributed by atoms with Crippen LogP contribution in [0.15, 0.2) is 24.3 Å². The molecule has 5 heteroatoms. The van der Waals surface area contributed by atoms with Crippen molar-refractivity contribution in [3.05, 3.63) is 29.3 Å². The van der Waals surface area contributed by atoms with E-state index in [1.54, 1.807) is 22.7 Å². The van der Waals surface area contributed by atoms with Crippen LogP contribution < -0.4 is 10.6 Å². The summed E-state index contributed by atoms with van der Waals surface area (Å²) in [6.45, 7) is 1.22. The standard InChI is InChI=1S/C11H13ClN2OS/c12-9-3-1-2-4-10(9)14-6-8(5-13)16-7-11(14)15/h1-4,8H,5-7,13H2. The molecule has 1 unspecified atom stereocenters. The van der Waals surface area contributed by atoms with E-state index in [-0.39, 0.29) is 5.91 Å². The maximum absolute atomic E-state index is 11.8. The molecule has 1 fully saturated rings. The Morgan fingerprint density at radius 3 is 2.94 bits per heavy atom. The highest BCUT2D eigenvalue weighted by Crippen LogP contribution is 2.29. The van der Waals surface area contributed by atoms with Gasteiger partial charge < -0.3 is 10.6 Å². The van der Waals surface area contributed by atoms with E-state index in [1.165, 1.54) is 0 Å². The van der Waals surface area contributed by atoms with Gasteiger partial charge in [0.15, 0.2) is 0 Å². The Bertz CT molecular complexity index is 399. The van der Waals surface area contributed by atoms with Crippen molar-refractivity contribution in [1.82, 2.24) is 0 Å². The molecule has 0 aliphatic carbocycles. The lowest BCUT2D eigenvalue weighted by molar-refractivity contribution is -0.116. The van der Waals surface area contributed by atoms with Crippen molar-refractivity contribution < 1.29 is 4.79 Å². The smallest absolute Gasteiger partial charge is 0.237 e. The zero-order valence-electron chi connectivity index (χ0n) is 8.73. The largest absolute Gasteiger partial charge is 0.329 e. The fourth-order valence-corrected chi connectivity index (χ4v) is 2.83. The number of benzene rings is 1. The molecule has 0 spiro atoms. The number of rotatable bonds is 2. The summed E-state index contributed by atoms with van der Waals surface area (Å²) in [5.41, 5.74) is 6.42. The second kappa shape index (κ2) is 5.08. The van der Waals surface area contributed by atoms with Crippen LogP contribution in [0.4, 0.5) is 5.69 Å². The molecule has 86 valence electrons. The van der Waals surface area contributed by atoms with Gasteiger partial charge >= 0.3 is 0 Å². The van der Waals surface area contributed by atoms with Crippen LogP contribution in [0, 0.1) is 0 Å². The highest BCUT2D eigenvalue weighted by atomic mass is 35.5. The molecule has 16 heavy (non-hydrogen) atoms. The van der Waals surface area contributed by atoms with E-state index < -0.39 is 0 Å². The molecule has 1 saturated heterocycles. The molecule has 1 aromatic rings. The van der Waals surface area contributed by atoms with Crippen LogP contribution in [0.1, 0.15) is 0 Å². The van der Waals surface area contributed by atoms with Crippen molar-refractivity contribution in [2.75, 3.05) is 23.7 Å². The van der Waals surface area contributed by atoms with Gasteiger partial charge in [0.2, 0.25) is 5.91 Å². The molecule has 0 bridgehead atoms. The number of nitrogens with two attached hydrogens (primary N) is 1. The number of anilines is 1. The van der Waals surface area contributed by atoms with E-state index in [2.05, 4.69) is 0 Å². The summed E-state index contributed by atoms with van der Waals surface area (Å²) in [4.78, 5) is 13.5. The highest BCUT2D eigenvalue weighted by Gasteiger charge is 2.27. The molecule has 0 aromatic heterocycles. The van der Waals surface area contributed by atoms with Gasteiger partial charge in [0.1, 0.15) is 0 Å². The average Bonchev–Trinajstić information content (AvgIpc) is 2.31. The maximum Gasteiger partial charge on any atom is 0.237 e. The minimum absolute atomic E-state index is 0.0998. The average molecular weight is 257 g/mol. The van der Waals surface area contributed by atoms with Crippen LogP contribution in [-0.4, -0.2) is 30.0 Å². The number of para-hydroxylation sites is 1. The Morgan fingerprint density at radius 1 is 1.50 bits per heavy atom. The molecule has 1 aliphatic heterocycles. The quantitative estimate of drug-likeness (QED) is 0.877. The first-order valence-corrected chi connectivity index (χ1v) is 6.51. The molecule has 0 saturated carbocycles. The first kappa shape index (κ1) is 11.8. The monoisotopic (exact) mass is 256 g/mol. The van der Waals surface area contributed by atoms with Gasteiger partial charge in [-0.15, -0.1) is 11.8 Å². The Kier molecular flexibility index (Phi) is 3.74. The van der Waals surface area contributed by atoms with Gasteiger partial charge in [-0.05, 0) is 12.1 Å². The van der Waals surface area contributed by atoms with Crippen LogP contribution in [0.25, 0.3) is 0 Å². The van der Waals surface area contributed by atoms with E-state index in [1.807, 2.05) is 18.2 Å². The number of hydrogen-bond donors (Lipinski definition) is 1. The van der Waals surface area contributed by atoms with Gasteiger partial charge in [-0.3, -0.25) is 4.79 Å².